The summed E-state index contributed by atoms with van der Waals surface area (Å²) in [7, 11) is 0. The zero-order valence-electron chi connectivity index (χ0n) is 18.7. The van der Waals surface area contributed by atoms with E-state index in [2.05, 4.69) is 52.3 Å². The number of rotatable bonds is 7. The molecule has 2 fully saturated rings. The molecule has 0 unspecified atom stereocenters. The summed E-state index contributed by atoms with van der Waals surface area (Å²) in [4.78, 5) is 9.92. The van der Waals surface area contributed by atoms with Gasteiger partial charge in [0.15, 0.2) is 0 Å². The van der Waals surface area contributed by atoms with E-state index in [1.54, 1.807) is 0 Å². The lowest BCUT2D eigenvalue weighted by molar-refractivity contribution is -0.00690. The molecule has 2 aromatic carbocycles. The Morgan fingerprint density at radius 1 is 0.719 bits per heavy atom. The zero-order chi connectivity index (χ0) is 21.8. The highest BCUT2D eigenvalue weighted by Gasteiger charge is 2.45. The Labute approximate surface area is 191 Å². The van der Waals surface area contributed by atoms with Crippen LogP contribution in [0.1, 0.15) is 48.2 Å². The van der Waals surface area contributed by atoms with Crippen LogP contribution in [-0.2, 0) is 18.7 Å². The summed E-state index contributed by atoms with van der Waals surface area (Å²) < 4.78 is 0. The van der Waals surface area contributed by atoms with Crippen LogP contribution < -0.4 is 0 Å². The average molecular weight is 428 g/mol. The van der Waals surface area contributed by atoms with Gasteiger partial charge in [0, 0.05) is 19.1 Å². The van der Waals surface area contributed by atoms with Gasteiger partial charge >= 0.3 is 0 Å². The van der Waals surface area contributed by atoms with Crippen molar-refractivity contribution in [2.45, 2.75) is 50.4 Å². The normalized spacial score (nSPS) is 20.1. The van der Waals surface area contributed by atoms with E-state index in [1.165, 1.54) is 25.9 Å². The summed E-state index contributed by atoms with van der Waals surface area (Å²) in [6, 6.07) is 26.7. The summed E-state index contributed by atoms with van der Waals surface area (Å²) in [6.07, 6.45) is 4.65. The van der Waals surface area contributed by atoms with E-state index in [0.717, 1.165) is 55.0 Å². The van der Waals surface area contributed by atoms with Crippen LogP contribution in [0.2, 0.25) is 0 Å². The Balaban J connectivity index is 1.41. The molecule has 3 aromatic rings. The smallest absolute Gasteiger partial charge is 0.130 e. The lowest BCUT2D eigenvalue weighted by Gasteiger charge is -2.40. The van der Waals surface area contributed by atoms with Gasteiger partial charge in [-0.05, 0) is 68.6 Å². The molecule has 0 saturated carbocycles. The van der Waals surface area contributed by atoms with E-state index < -0.39 is 5.60 Å². The van der Waals surface area contributed by atoms with Crippen molar-refractivity contribution in [2.75, 3.05) is 19.6 Å². The molecule has 5 rings (SSSR count). The Morgan fingerprint density at radius 2 is 1.31 bits per heavy atom. The van der Waals surface area contributed by atoms with Gasteiger partial charge in [-0.25, -0.2) is 0 Å². The van der Waals surface area contributed by atoms with E-state index in [-0.39, 0.29) is 6.04 Å². The first-order valence-corrected chi connectivity index (χ1v) is 12.0. The van der Waals surface area contributed by atoms with E-state index >= 15 is 0 Å². The van der Waals surface area contributed by atoms with Crippen LogP contribution in [0.4, 0.5) is 0 Å². The SMILES string of the molecule is OC(c1ccccc1)(c1ccccc1)[C@@H]1CCCN1Cc1cccc(CN2CCCC2)n1. The fourth-order valence-electron chi connectivity index (χ4n) is 5.51. The van der Waals surface area contributed by atoms with Gasteiger partial charge < -0.3 is 5.11 Å². The van der Waals surface area contributed by atoms with Gasteiger partial charge in [-0.2, -0.15) is 0 Å². The minimum atomic E-state index is -1.05. The lowest BCUT2D eigenvalue weighted by Crippen LogP contribution is -2.48. The molecular weight excluding hydrogens is 394 g/mol. The first-order chi connectivity index (χ1) is 15.7. The van der Waals surface area contributed by atoms with Crippen LogP contribution in [0, 0.1) is 0 Å². The highest BCUT2D eigenvalue weighted by molar-refractivity contribution is 5.38. The van der Waals surface area contributed by atoms with E-state index in [0.29, 0.717) is 0 Å². The molecule has 0 radical (unpaired) electrons. The maximum Gasteiger partial charge on any atom is 0.130 e. The van der Waals surface area contributed by atoms with Crippen molar-refractivity contribution in [3.05, 3.63) is 101 Å². The van der Waals surface area contributed by atoms with Gasteiger partial charge in [0.25, 0.3) is 0 Å². The fraction of sp³-hybridized carbons (Fsp3) is 0.393. The Hall–Kier alpha value is -2.53. The van der Waals surface area contributed by atoms with E-state index in [9.17, 15) is 5.11 Å². The second-order valence-electron chi connectivity index (χ2n) is 9.23. The summed E-state index contributed by atoms with van der Waals surface area (Å²) >= 11 is 0. The van der Waals surface area contributed by atoms with Crippen LogP contribution in [0.15, 0.2) is 78.9 Å². The number of hydrogen-bond acceptors (Lipinski definition) is 4. The van der Waals surface area contributed by atoms with Crippen molar-refractivity contribution in [1.29, 1.82) is 0 Å². The molecule has 4 nitrogen and oxygen atoms in total. The molecule has 3 heterocycles. The maximum atomic E-state index is 12.3. The summed E-state index contributed by atoms with van der Waals surface area (Å²) in [5.41, 5.74) is 3.11. The molecule has 1 N–H and O–H groups in total. The van der Waals surface area contributed by atoms with Gasteiger partial charge in [-0.1, -0.05) is 66.7 Å². The average Bonchev–Trinajstić information content (AvgIpc) is 3.52. The first kappa shape index (κ1) is 21.3. The first-order valence-electron chi connectivity index (χ1n) is 12.0. The largest absolute Gasteiger partial charge is 0.379 e. The number of hydrogen-bond donors (Lipinski definition) is 1. The van der Waals surface area contributed by atoms with E-state index in [1.807, 2.05) is 36.4 Å². The zero-order valence-corrected chi connectivity index (χ0v) is 18.7. The topological polar surface area (TPSA) is 39.6 Å². The van der Waals surface area contributed by atoms with Crippen LogP contribution >= 0.6 is 0 Å². The van der Waals surface area contributed by atoms with Crippen molar-refractivity contribution >= 4 is 0 Å². The molecule has 0 amide bonds. The molecule has 2 aliphatic rings. The molecule has 1 aromatic heterocycles. The van der Waals surface area contributed by atoms with Crippen molar-refractivity contribution in [3.8, 4) is 0 Å². The molecular formula is C28H33N3O. The number of likely N-dealkylation sites (tertiary alicyclic amines) is 2. The fourth-order valence-corrected chi connectivity index (χ4v) is 5.51. The van der Waals surface area contributed by atoms with Gasteiger partial charge in [0.2, 0.25) is 0 Å². The molecule has 166 valence electrons. The van der Waals surface area contributed by atoms with Crippen molar-refractivity contribution < 1.29 is 5.11 Å². The van der Waals surface area contributed by atoms with Gasteiger partial charge in [-0.3, -0.25) is 14.8 Å². The maximum absolute atomic E-state index is 12.3. The van der Waals surface area contributed by atoms with Gasteiger partial charge in [0.1, 0.15) is 5.60 Å². The minimum absolute atomic E-state index is 0.0105. The standard InChI is InChI=1S/C28H33N3O/c32-28(23-11-3-1-4-12-23,24-13-5-2-6-14-24)27-17-10-20-31(27)22-26-16-9-15-25(29-26)21-30-18-7-8-19-30/h1-6,9,11-16,27,32H,7-8,10,17-22H2/t27-/m0/s1. The third-order valence-electron chi connectivity index (χ3n) is 7.09. The number of nitrogens with zero attached hydrogens (tertiary/aromatic N) is 3. The molecule has 1 atom stereocenters. The van der Waals surface area contributed by atoms with Crippen LogP contribution in [-0.4, -0.2) is 45.6 Å². The molecule has 2 aliphatic heterocycles. The number of pyridine rings is 1. The summed E-state index contributed by atoms with van der Waals surface area (Å²) in [5.74, 6) is 0. The predicted octanol–water partition coefficient (Wildman–Crippen LogP) is 4.58. The van der Waals surface area contributed by atoms with Crippen molar-refractivity contribution in [3.63, 3.8) is 0 Å². The molecule has 4 heteroatoms. The Morgan fingerprint density at radius 3 is 1.94 bits per heavy atom. The van der Waals surface area contributed by atoms with Gasteiger partial charge in [0.05, 0.1) is 11.4 Å². The molecule has 0 aliphatic carbocycles. The van der Waals surface area contributed by atoms with Gasteiger partial charge in [-0.15, -0.1) is 0 Å². The third kappa shape index (κ3) is 4.36. The van der Waals surface area contributed by atoms with Crippen LogP contribution in [0.25, 0.3) is 0 Å². The quantitative estimate of drug-likeness (QED) is 0.599. The van der Waals surface area contributed by atoms with Crippen LogP contribution in [0.3, 0.4) is 0 Å². The number of aromatic nitrogens is 1. The van der Waals surface area contributed by atoms with E-state index in [4.69, 9.17) is 4.98 Å². The lowest BCUT2D eigenvalue weighted by atomic mass is 9.79. The minimum Gasteiger partial charge on any atom is -0.379 e. The monoisotopic (exact) mass is 427 g/mol. The molecule has 0 spiro atoms. The molecule has 0 bridgehead atoms. The third-order valence-corrected chi connectivity index (χ3v) is 7.09. The predicted molar refractivity (Wildman–Crippen MR) is 128 cm³/mol. The van der Waals surface area contributed by atoms with Crippen LogP contribution in [0.5, 0.6) is 0 Å². The number of aliphatic hydroxyl groups is 1. The highest BCUT2D eigenvalue weighted by atomic mass is 16.3. The Kier molecular flexibility index (Phi) is 6.35. The summed E-state index contributed by atoms with van der Waals surface area (Å²) in [6.45, 7) is 5.04. The molecule has 2 saturated heterocycles. The summed E-state index contributed by atoms with van der Waals surface area (Å²) in [5, 5.41) is 12.3. The Bertz CT molecular complexity index is 962. The molecule has 32 heavy (non-hydrogen) atoms. The number of benzene rings is 2. The highest BCUT2D eigenvalue weighted by Crippen LogP contribution is 2.40. The second-order valence-corrected chi connectivity index (χ2v) is 9.23. The second kappa shape index (κ2) is 9.53. The van der Waals surface area contributed by atoms with Crippen molar-refractivity contribution in [1.82, 2.24) is 14.8 Å². The van der Waals surface area contributed by atoms with Crippen molar-refractivity contribution in [2.24, 2.45) is 0 Å².